The van der Waals surface area contributed by atoms with Crippen molar-refractivity contribution in [2.75, 3.05) is 7.11 Å². The van der Waals surface area contributed by atoms with Crippen molar-refractivity contribution in [2.45, 2.75) is 0 Å². The van der Waals surface area contributed by atoms with Gasteiger partial charge in [-0.25, -0.2) is 15.0 Å². The van der Waals surface area contributed by atoms with Crippen molar-refractivity contribution in [3.05, 3.63) is 78.5 Å². The summed E-state index contributed by atoms with van der Waals surface area (Å²) in [6, 6.07) is 16.8. The number of hydrogen-bond acceptors (Lipinski definition) is 5. The van der Waals surface area contributed by atoms with Gasteiger partial charge in [-0.2, -0.15) is 0 Å². The Morgan fingerprint density at radius 2 is 1.72 bits per heavy atom. The summed E-state index contributed by atoms with van der Waals surface area (Å²) in [6.07, 6.45) is 3.03. The molecule has 4 rings (SSSR count). The minimum atomic E-state index is -0.247. The average molecular weight is 330 g/mol. The summed E-state index contributed by atoms with van der Waals surface area (Å²) in [5.74, 6) is 0.255. The summed E-state index contributed by atoms with van der Waals surface area (Å²) < 4.78 is 7.11. The van der Waals surface area contributed by atoms with Crippen LogP contribution in [0.1, 0.15) is 16.1 Å². The maximum absolute atomic E-state index is 13.0. The van der Waals surface area contributed by atoms with E-state index in [0.29, 0.717) is 22.5 Å². The molecule has 0 unspecified atom stereocenters. The zero-order valence-electron chi connectivity index (χ0n) is 13.5. The van der Waals surface area contributed by atoms with E-state index in [1.165, 1.54) is 13.4 Å². The molecule has 122 valence electrons. The number of methoxy groups -OCH3 is 1. The molecule has 25 heavy (non-hydrogen) atoms. The van der Waals surface area contributed by atoms with E-state index in [9.17, 15) is 4.79 Å². The molecule has 2 aromatic heterocycles. The molecule has 6 heteroatoms. The van der Waals surface area contributed by atoms with Gasteiger partial charge < -0.3 is 4.74 Å². The van der Waals surface area contributed by atoms with Gasteiger partial charge in [-0.1, -0.05) is 30.3 Å². The van der Waals surface area contributed by atoms with E-state index in [0.717, 1.165) is 5.69 Å². The van der Waals surface area contributed by atoms with E-state index in [1.807, 2.05) is 41.0 Å². The van der Waals surface area contributed by atoms with E-state index >= 15 is 0 Å². The molecule has 0 bridgehead atoms. The molecule has 0 amide bonds. The van der Waals surface area contributed by atoms with Gasteiger partial charge in [0.05, 0.1) is 12.7 Å². The van der Waals surface area contributed by atoms with E-state index in [2.05, 4.69) is 15.0 Å². The van der Waals surface area contributed by atoms with Crippen LogP contribution in [0.15, 0.2) is 67.3 Å². The number of imidazole rings is 1. The first-order valence-electron chi connectivity index (χ1n) is 7.71. The lowest BCUT2D eigenvalue weighted by atomic mass is 10.1. The highest BCUT2D eigenvalue weighted by Crippen LogP contribution is 2.24. The number of ether oxygens (including phenoxy) is 1. The predicted molar refractivity (Wildman–Crippen MR) is 93.1 cm³/mol. The monoisotopic (exact) mass is 330 g/mol. The summed E-state index contributed by atoms with van der Waals surface area (Å²) in [7, 11) is 1.53. The van der Waals surface area contributed by atoms with Crippen LogP contribution >= 0.6 is 0 Å². The van der Waals surface area contributed by atoms with E-state index < -0.39 is 0 Å². The molecule has 0 saturated carbocycles. The number of aromatic nitrogens is 4. The van der Waals surface area contributed by atoms with Crippen molar-refractivity contribution in [2.24, 2.45) is 0 Å². The quantitative estimate of drug-likeness (QED) is 0.538. The number of ketones is 1. The topological polar surface area (TPSA) is 69.9 Å². The van der Waals surface area contributed by atoms with Crippen molar-refractivity contribution in [1.29, 1.82) is 0 Å². The Bertz CT molecular complexity index is 1060. The van der Waals surface area contributed by atoms with Crippen molar-refractivity contribution >= 4 is 16.9 Å². The Morgan fingerprint density at radius 3 is 2.52 bits per heavy atom. The Hall–Kier alpha value is -3.54. The normalized spacial score (nSPS) is 10.8. The molecule has 0 N–H and O–H groups in total. The SMILES string of the molecule is COc1ccccc1C(=O)c1ncnc2c1ncn2-c1ccccc1. The average Bonchev–Trinajstić information content (AvgIpc) is 3.12. The van der Waals surface area contributed by atoms with Crippen molar-refractivity contribution < 1.29 is 9.53 Å². The summed E-state index contributed by atoms with van der Waals surface area (Å²) in [4.78, 5) is 25.8. The van der Waals surface area contributed by atoms with Gasteiger partial charge in [0.2, 0.25) is 5.78 Å². The van der Waals surface area contributed by atoms with Gasteiger partial charge in [0, 0.05) is 5.69 Å². The summed E-state index contributed by atoms with van der Waals surface area (Å²) in [5.41, 5.74) is 2.66. The van der Waals surface area contributed by atoms with Gasteiger partial charge >= 0.3 is 0 Å². The molecule has 0 aliphatic rings. The second kappa shape index (κ2) is 6.16. The molecule has 0 aliphatic carbocycles. The molecule has 0 fully saturated rings. The van der Waals surface area contributed by atoms with Crippen LogP contribution in [0.2, 0.25) is 0 Å². The van der Waals surface area contributed by atoms with Gasteiger partial charge in [0.15, 0.2) is 5.65 Å². The van der Waals surface area contributed by atoms with Gasteiger partial charge in [-0.05, 0) is 24.3 Å². The molecule has 0 atom stereocenters. The van der Waals surface area contributed by atoms with Gasteiger partial charge in [0.1, 0.15) is 29.6 Å². The van der Waals surface area contributed by atoms with Crippen LogP contribution in [0.5, 0.6) is 5.75 Å². The fourth-order valence-corrected chi connectivity index (χ4v) is 2.74. The highest BCUT2D eigenvalue weighted by Gasteiger charge is 2.21. The van der Waals surface area contributed by atoms with Crippen LogP contribution in [0.4, 0.5) is 0 Å². The lowest BCUT2D eigenvalue weighted by Crippen LogP contribution is -2.08. The molecule has 0 aliphatic heterocycles. The van der Waals surface area contributed by atoms with Crippen molar-refractivity contribution in [3.63, 3.8) is 0 Å². The molecule has 2 heterocycles. The lowest BCUT2D eigenvalue weighted by Gasteiger charge is -2.07. The third-order valence-electron chi connectivity index (χ3n) is 3.93. The number of para-hydroxylation sites is 2. The van der Waals surface area contributed by atoms with Crippen molar-refractivity contribution in [3.8, 4) is 11.4 Å². The second-order valence-electron chi connectivity index (χ2n) is 5.37. The first kappa shape index (κ1) is 15.0. The molecule has 2 aromatic carbocycles. The first-order valence-corrected chi connectivity index (χ1v) is 7.71. The third kappa shape index (κ3) is 2.53. The van der Waals surface area contributed by atoms with Crippen LogP contribution in [0.3, 0.4) is 0 Å². The molecular formula is C19H14N4O2. The maximum atomic E-state index is 13.0. The zero-order valence-corrected chi connectivity index (χ0v) is 13.5. The molecule has 4 aromatic rings. The number of hydrogen-bond donors (Lipinski definition) is 0. The van der Waals surface area contributed by atoms with Gasteiger partial charge in [-0.15, -0.1) is 0 Å². The molecule has 0 radical (unpaired) electrons. The maximum Gasteiger partial charge on any atom is 0.217 e. The van der Waals surface area contributed by atoms with E-state index in [1.54, 1.807) is 24.5 Å². The second-order valence-corrected chi connectivity index (χ2v) is 5.37. The molecule has 0 spiro atoms. The van der Waals surface area contributed by atoms with Crippen LogP contribution in [0, 0.1) is 0 Å². The minimum absolute atomic E-state index is 0.247. The van der Waals surface area contributed by atoms with Crippen LogP contribution < -0.4 is 4.74 Å². The third-order valence-corrected chi connectivity index (χ3v) is 3.93. The number of fused-ring (bicyclic) bond motifs is 1. The van der Waals surface area contributed by atoms with Crippen molar-refractivity contribution in [1.82, 2.24) is 19.5 Å². The zero-order chi connectivity index (χ0) is 17.2. The van der Waals surface area contributed by atoms with Gasteiger partial charge in [0.25, 0.3) is 0 Å². The summed E-state index contributed by atoms with van der Waals surface area (Å²) in [6.45, 7) is 0. The van der Waals surface area contributed by atoms with Crippen LogP contribution in [-0.4, -0.2) is 32.4 Å². The fourth-order valence-electron chi connectivity index (χ4n) is 2.74. The van der Waals surface area contributed by atoms with E-state index in [4.69, 9.17) is 4.74 Å². The highest BCUT2D eigenvalue weighted by molar-refractivity contribution is 6.14. The fraction of sp³-hybridized carbons (Fsp3) is 0.0526. The Balaban J connectivity index is 1.87. The number of carbonyl (C=O) groups is 1. The smallest absolute Gasteiger partial charge is 0.217 e. The number of carbonyl (C=O) groups excluding carboxylic acids is 1. The summed E-state index contributed by atoms with van der Waals surface area (Å²) in [5, 5.41) is 0. The van der Waals surface area contributed by atoms with E-state index in [-0.39, 0.29) is 11.5 Å². The molecular weight excluding hydrogens is 316 g/mol. The summed E-state index contributed by atoms with van der Waals surface area (Å²) >= 11 is 0. The standard InChI is InChI=1S/C19H14N4O2/c1-25-15-10-6-5-9-14(15)18(24)16-17-19(21-11-20-16)23(12-22-17)13-7-3-2-4-8-13/h2-12H,1H3. The Labute approximate surface area is 143 Å². The largest absolute Gasteiger partial charge is 0.496 e. The molecule has 0 saturated heterocycles. The number of nitrogens with zero attached hydrogens (tertiary/aromatic N) is 4. The van der Waals surface area contributed by atoms with Crippen LogP contribution in [0.25, 0.3) is 16.9 Å². The number of rotatable bonds is 4. The van der Waals surface area contributed by atoms with Crippen LogP contribution in [-0.2, 0) is 0 Å². The Morgan fingerprint density at radius 1 is 0.960 bits per heavy atom. The highest BCUT2D eigenvalue weighted by atomic mass is 16.5. The lowest BCUT2D eigenvalue weighted by molar-refractivity contribution is 0.103. The Kier molecular flexibility index (Phi) is 3.70. The minimum Gasteiger partial charge on any atom is -0.496 e. The molecule has 6 nitrogen and oxygen atoms in total. The number of benzene rings is 2. The first-order chi connectivity index (χ1) is 12.3. The predicted octanol–water partition coefficient (Wildman–Crippen LogP) is 3.06. The van der Waals surface area contributed by atoms with Gasteiger partial charge in [-0.3, -0.25) is 9.36 Å².